The van der Waals surface area contributed by atoms with E-state index in [0.29, 0.717) is 0 Å². The lowest BCUT2D eigenvalue weighted by Gasteiger charge is -2.11. The van der Waals surface area contributed by atoms with Gasteiger partial charge in [-0.15, -0.1) is 0 Å². The molecule has 0 atom stereocenters. The molecule has 10 heteroatoms. The zero-order valence-corrected chi connectivity index (χ0v) is 16.8. The Morgan fingerprint density at radius 3 is 2.33 bits per heavy atom. The fourth-order valence-corrected chi connectivity index (χ4v) is 3.84. The molecular formula is C20H15ClF2N2O4S. The number of carbonyl (C=O) groups is 1. The molecule has 0 aliphatic carbocycles. The molecule has 0 bridgehead atoms. The van der Waals surface area contributed by atoms with Gasteiger partial charge in [0.15, 0.2) is 0 Å². The van der Waals surface area contributed by atoms with Crippen molar-refractivity contribution in [3.63, 3.8) is 0 Å². The normalized spacial score (nSPS) is 11.2. The Hall–Kier alpha value is -3.17. The molecule has 0 aromatic heterocycles. The van der Waals surface area contributed by atoms with Crippen molar-refractivity contribution in [3.8, 4) is 5.75 Å². The number of hydrogen-bond acceptors (Lipinski definition) is 4. The predicted octanol–water partition coefficient (Wildman–Crippen LogP) is 4.99. The minimum absolute atomic E-state index is 0.0825. The number of hydrogen-bond donors (Lipinski definition) is 2. The molecule has 0 radical (unpaired) electrons. The molecule has 0 fully saturated rings. The number of halogens is 3. The summed E-state index contributed by atoms with van der Waals surface area (Å²) in [6, 6.07) is 17.1. The number of carbonyl (C=O) groups excluding carboxylic acids is 1. The Balaban J connectivity index is 1.75. The van der Waals surface area contributed by atoms with E-state index in [0.717, 1.165) is 0 Å². The van der Waals surface area contributed by atoms with Gasteiger partial charge in [-0.2, -0.15) is 8.78 Å². The van der Waals surface area contributed by atoms with Crippen molar-refractivity contribution in [1.29, 1.82) is 0 Å². The summed E-state index contributed by atoms with van der Waals surface area (Å²) >= 11 is 5.99. The first-order valence-electron chi connectivity index (χ1n) is 8.48. The van der Waals surface area contributed by atoms with E-state index in [4.69, 9.17) is 11.6 Å². The van der Waals surface area contributed by atoms with Crippen molar-refractivity contribution in [2.45, 2.75) is 11.5 Å². The molecule has 3 rings (SSSR count). The monoisotopic (exact) mass is 452 g/mol. The van der Waals surface area contributed by atoms with E-state index in [2.05, 4.69) is 14.8 Å². The van der Waals surface area contributed by atoms with Crippen molar-refractivity contribution in [2.75, 3.05) is 10.0 Å². The number of amides is 1. The zero-order valence-electron chi connectivity index (χ0n) is 15.2. The van der Waals surface area contributed by atoms with Crippen LogP contribution in [0.5, 0.6) is 5.75 Å². The lowest BCUT2D eigenvalue weighted by Crippen LogP contribution is -2.15. The zero-order chi connectivity index (χ0) is 21.7. The molecule has 1 amide bonds. The average molecular weight is 453 g/mol. The number of alkyl halides is 2. The van der Waals surface area contributed by atoms with Crippen molar-refractivity contribution in [1.82, 2.24) is 0 Å². The standard InChI is InChI=1S/C20H15ClF2N2O4S/c21-17-6-1-2-7-18(17)25-30(27,28)16-5-3-4-14(12-16)24-19(26)13-8-10-15(11-9-13)29-20(22)23/h1-12,20,25H,(H,24,26). The van der Waals surface area contributed by atoms with E-state index in [1.54, 1.807) is 18.2 Å². The molecule has 0 saturated carbocycles. The van der Waals surface area contributed by atoms with Crippen LogP contribution in [-0.4, -0.2) is 20.9 Å². The quantitative estimate of drug-likeness (QED) is 0.528. The second-order valence-corrected chi connectivity index (χ2v) is 8.06. The summed E-state index contributed by atoms with van der Waals surface area (Å²) in [7, 11) is -3.95. The maximum atomic E-state index is 12.6. The van der Waals surface area contributed by atoms with Crippen molar-refractivity contribution in [2.24, 2.45) is 0 Å². The molecule has 0 aliphatic rings. The lowest BCUT2D eigenvalue weighted by molar-refractivity contribution is -0.0498. The van der Waals surface area contributed by atoms with Gasteiger partial charge < -0.3 is 10.1 Å². The van der Waals surface area contributed by atoms with E-state index in [9.17, 15) is 22.0 Å². The minimum atomic E-state index is -3.95. The van der Waals surface area contributed by atoms with E-state index < -0.39 is 22.5 Å². The van der Waals surface area contributed by atoms with Crippen LogP contribution in [-0.2, 0) is 10.0 Å². The van der Waals surface area contributed by atoms with Gasteiger partial charge in [-0.3, -0.25) is 9.52 Å². The van der Waals surface area contributed by atoms with Gasteiger partial charge in [-0.25, -0.2) is 8.42 Å². The van der Waals surface area contributed by atoms with Gasteiger partial charge in [0, 0.05) is 11.3 Å². The number of nitrogens with one attached hydrogen (secondary N) is 2. The molecule has 3 aromatic rings. The molecule has 30 heavy (non-hydrogen) atoms. The second kappa shape index (κ2) is 9.10. The van der Waals surface area contributed by atoms with Crippen LogP contribution in [0.25, 0.3) is 0 Å². The van der Waals surface area contributed by atoms with Crippen molar-refractivity contribution >= 4 is 38.9 Å². The summed E-state index contributed by atoms with van der Waals surface area (Å²) in [5, 5.41) is 2.80. The summed E-state index contributed by atoms with van der Waals surface area (Å²) in [6.45, 7) is -2.96. The summed E-state index contributed by atoms with van der Waals surface area (Å²) in [6.07, 6.45) is 0. The molecule has 0 saturated heterocycles. The lowest BCUT2D eigenvalue weighted by atomic mass is 10.2. The highest BCUT2D eigenvalue weighted by molar-refractivity contribution is 7.92. The van der Waals surface area contributed by atoms with Gasteiger partial charge >= 0.3 is 6.61 Å². The van der Waals surface area contributed by atoms with E-state index in [1.807, 2.05) is 0 Å². The average Bonchev–Trinajstić information content (AvgIpc) is 2.70. The van der Waals surface area contributed by atoms with Crippen molar-refractivity contribution < 1.29 is 26.7 Å². The summed E-state index contributed by atoms with van der Waals surface area (Å²) in [5.41, 5.74) is 0.633. The van der Waals surface area contributed by atoms with Crippen LogP contribution in [0, 0.1) is 0 Å². The highest BCUT2D eigenvalue weighted by Gasteiger charge is 2.17. The maximum absolute atomic E-state index is 12.6. The molecule has 0 heterocycles. The fourth-order valence-electron chi connectivity index (χ4n) is 2.48. The third-order valence-electron chi connectivity index (χ3n) is 3.86. The number of rotatable bonds is 7. The molecule has 0 aliphatic heterocycles. The number of ether oxygens (including phenoxy) is 1. The third kappa shape index (κ3) is 5.46. The van der Waals surface area contributed by atoms with Crippen LogP contribution in [0.3, 0.4) is 0 Å². The molecule has 0 unspecified atom stereocenters. The van der Waals surface area contributed by atoms with Gasteiger partial charge in [0.25, 0.3) is 15.9 Å². The Kier molecular flexibility index (Phi) is 6.53. The predicted molar refractivity (Wildman–Crippen MR) is 110 cm³/mol. The number of para-hydroxylation sites is 1. The van der Waals surface area contributed by atoms with Crippen LogP contribution < -0.4 is 14.8 Å². The van der Waals surface area contributed by atoms with E-state index in [-0.39, 0.29) is 32.6 Å². The molecule has 3 aromatic carbocycles. The Morgan fingerprint density at radius 1 is 0.967 bits per heavy atom. The molecule has 0 spiro atoms. The van der Waals surface area contributed by atoms with Gasteiger partial charge in [0.1, 0.15) is 5.75 Å². The van der Waals surface area contributed by atoms with Gasteiger partial charge in [0.2, 0.25) is 0 Å². The number of sulfonamides is 1. The van der Waals surface area contributed by atoms with E-state index >= 15 is 0 Å². The summed E-state index contributed by atoms with van der Waals surface area (Å²) in [5.74, 6) is -0.632. The Bertz CT molecular complexity index is 1160. The highest BCUT2D eigenvalue weighted by Crippen LogP contribution is 2.25. The van der Waals surface area contributed by atoms with Gasteiger partial charge in [-0.05, 0) is 54.6 Å². The van der Waals surface area contributed by atoms with Gasteiger partial charge in [0.05, 0.1) is 15.6 Å². The second-order valence-electron chi connectivity index (χ2n) is 5.97. The maximum Gasteiger partial charge on any atom is 0.387 e. The molecule has 6 nitrogen and oxygen atoms in total. The van der Waals surface area contributed by atoms with E-state index in [1.165, 1.54) is 54.6 Å². The first-order chi connectivity index (χ1) is 14.2. The number of benzene rings is 3. The first kappa shape index (κ1) is 21.5. The summed E-state index contributed by atoms with van der Waals surface area (Å²) < 4.78 is 56.3. The number of anilines is 2. The Morgan fingerprint density at radius 2 is 1.67 bits per heavy atom. The van der Waals surface area contributed by atoms with Crippen LogP contribution in [0.2, 0.25) is 5.02 Å². The topological polar surface area (TPSA) is 84.5 Å². The molecule has 156 valence electrons. The smallest absolute Gasteiger partial charge is 0.387 e. The Labute approximate surface area is 176 Å². The molecular weight excluding hydrogens is 438 g/mol. The van der Waals surface area contributed by atoms with Crippen LogP contribution >= 0.6 is 11.6 Å². The van der Waals surface area contributed by atoms with Crippen molar-refractivity contribution in [3.05, 3.63) is 83.4 Å². The molecule has 2 N–H and O–H groups in total. The minimum Gasteiger partial charge on any atom is -0.435 e. The van der Waals surface area contributed by atoms with Crippen LogP contribution in [0.1, 0.15) is 10.4 Å². The first-order valence-corrected chi connectivity index (χ1v) is 10.3. The fraction of sp³-hybridized carbons (Fsp3) is 0.0500. The van der Waals surface area contributed by atoms with Crippen LogP contribution in [0.4, 0.5) is 20.2 Å². The largest absolute Gasteiger partial charge is 0.435 e. The van der Waals surface area contributed by atoms with Gasteiger partial charge in [-0.1, -0.05) is 29.8 Å². The SMILES string of the molecule is O=C(Nc1cccc(S(=O)(=O)Nc2ccccc2Cl)c1)c1ccc(OC(F)F)cc1. The van der Waals surface area contributed by atoms with Crippen LogP contribution in [0.15, 0.2) is 77.7 Å². The summed E-state index contributed by atoms with van der Waals surface area (Å²) in [4.78, 5) is 12.3. The third-order valence-corrected chi connectivity index (χ3v) is 5.55. The highest BCUT2D eigenvalue weighted by atomic mass is 35.5.